The molecule has 1 N–H and O–H groups in total. The summed E-state index contributed by atoms with van der Waals surface area (Å²) in [6.07, 6.45) is 4.90. The molecule has 1 heterocycles. The number of hydrogen-bond acceptors (Lipinski definition) is 5. The third-order valence-electron chi connectivity index (χ3n) is 6.62. The van der Waals surface area contributed by atoms with Gasteiger partial charge in [0, 0.05) is 12.1 Å². The summed E-state index contributed by atoms with van der Waals surface area (Å²) in [6.45, 7) is 3.32. The van der Waals surface area contributed by atoms with Crippen LogP contribution < -0.4 is 5.32 Å². The molecule has 0 spiro atoms. The Balaban J connectivity index is 1.49. The van der Waals surface area contributed by atoms with E-state index in [1.54, 1.807) is 6.07 Å². The third-order valence-corrected chi connectivity index (χ3v) is 6.62. The number of fused-ring (bicyclic) bond motifs is 1. The zero-order valence-electron chi connectivity index (χ0n) is 19.3. The van der Waals surface area contributed by atoms with Gasteiger partial charge in [0.25, 0.3) is 5.91 Å². The first-order chi connectivity index (χ1) is 16.4. The predicted molar refractivity (Wildman–Crippen MR) is 127 cm³/mol. The predicted octanol–water partition coefficient (Wildman–Crippen LogP) is 3.35. The molecule has 2 aromatic carbocycles. The van der Waals surface area contributed by atoms with E-state index in [-0.39, 0.29) is 18.2 Å². The summed E-state index contributed by atoms with van der Waals surface area (Å²) in [5, 5.41) is 2.75. The summed E-state index contributed by atoms with van der Waals surface area (Å²) >= 11 is 0. The highest BCUT2D eigenvalue weighted by Gasteiger charge is 2.51. The molecule has 0 radical (unpaired) electrons. The molecular weight excluding hydrogens is 432 g/mol. The molecule has 1 aliphatic heterocycles. The molecule has 1 saturated heterocycles. The number of imide groups is 1. The number of hydrogen-bond donors (Lipinski definition) is 1. The molecule has 1 fully saturated rings. The second-order valence-electron chi connectivity index (χ2n) is 8.81. The van der Waals surface area contributed by atoms with Gasteiger partial charge >= 0.3 is 5.97 Å². The van der Waals surface area contributed by atoms with Gasteiger partial charge in [-0.15, -0.1) is 0 Å². The number of ether oxygens (including phenoxy) is 1. The summed E-state index contributed by atoms with van der Waals surface area (Å²) < 4.78 is 5.33. The maximum atomic E-state index is 13.1. The number of carbonyl (C=O) groups excluding carboxylic acids is 4. The molecule has 176 valence electrons. The first-order valence-electron chi connectivity index (χ1n) is 11.5. The minimum absolute atomic E-state index is 0.128. The standard InChI is InChI=1S/C27H28N2O5/c1-17-9-8-14-22(18(17)2)28-24(30)16-34-27(33)23(15-19-10-4-3-5-11-19)29-25(31)20-12-6-7-13-21(20)26(29)32/h3-11,14,20-21,23H,12-13,15-16H2,1-2H3,(H,28,30)/t20-,21+,23-/m0/s1. The van der Waals surface area contributed by atoms with Crippen LogP contribution in [0.25, 0.3) is 0 Å². The number of likely N-dealkylation sites (tertiary alicyclic amines) is 1. The smallest absolute Gasteiger partial charge is 0.330 e. The van der Waals surface area contributed by atoms with Gasteiger partial charge in [0.2, 0.25) is 11.8 Å². The van der Waals surface area contributed by atoms with Crippen LogP contribution in [0.5, 0.6) is 0 Å². The highest BCUT2D eigenvalue weighted by Crippen LogP contribution is 2.36. The zero-order valence-corrected chi connectivity index (χ0v) is 19.3. The Hall–Kier alpha value is -3.74. The molecule has 4 rings (SSSR count). The van der Waals surface area contributed by atoms with E-state index in [4.69, 9.17) is 4.74 Å². The van der Waals surface area contributed by atoms with E-state index in [0.717, 1.165) is 21.6 Å². The fraction of sp³-hybridized carbons (Fsp3) is 0.333. The SMILES string of the molecule is Cc1cccc(NC(=O)COC(=O)[C@H](Cc2ccccc2)N2C(=O)[C@H]3CC=CC[C@H]3C2=O)c1C. The summed E-state index contributed by atoms with van der Waals surface area (Å²) in [7, 11) is 0. The molecule has 1 aliphatic carbocycles. The normalized spacial score (nSPS) is 20.1. The van der Waals surface area contributed by atoms with E-state index in [1.165, 1.54) is 0 Å². The zero-order chi connectivity index (χ0) is 24.2. The van der Waals surface area contributed by atoms with Crippen LogP contribution in [0.15, 0.2) is 60.7 Å². The second-order valence-corrected chi connectivity index (χ2v) is 8.81. The van der Waals surface area contributed by atoms with Crippen LogP contribution in [-0.2, 0) is 30.3 Å². The monoisotopic (exact) mass is 460 g/mol. The van der Waals surface area contributed by atoms with Gasteiger partial charge in [-0.25, -0.2) is 4.79 Å². The van der Waals surface area contributed by atoms with E-state index in [0.29, 0.717) is 18.5 Å². The van der Waals surface area contributed by atoms with Gasteiger partial charge in [0.05, 0.1) is 11.8 Å². The van der Waals surface area contributed by atoms with Crippen molar-refractivity contribution in [2.75, 3.05) is 11.9 Å². The quantitative estimate of drug-likeness (QED) is 0.389. The van der Waals surface area contributed by atoms with Gasteiger partial charge in [-0.05, 0) is 49.4 Å². The topological polar surface area (TPSA) is 92.8 Å². The maximum Gasteiger partial charge on any atom is 0.330 e. The van der Waals surface area contributed by atoms with Crippen molar-refractivity contribution in [2.24, 2.45) is 11.8 Å². The molecular formula is C27H28N2O5. The van der Waals surface area contributed by atoms with Gasteiger partial charge in [-0.2, -0.15) is 0 Å². The number of carbonyl (C=O) groups is 4. The minimum Gasteiger partial charge on any atom is -0.454 e. The highest BCUT2D eigenvalue weighted by molar-refractivity contribution is 6.08. The van der Waals surface area contributed by atoms with Crippen LogP contribution in [-0.4, -0.2) is 41.2 Å². The molecule has 0 aromatic heterocycles. The van der Waals surface area contributed by atoms with Gasteiger partial charge in [-0.1, -0.05) is 54.6 Å². The van der Waals surface area contributed by atoms with Gasteiger partial charge < -0.3 is 10.1 Å². The van der Waals surface area contributed by atoms with E-state index in [2.05, 4.69) is 5.32 Å². The van der Waals surface area contributed by atoms with E-state index in [9.17, 15) is 19.2 Å². The Labute approximate surface area is 198 Å². The van der Waals surface area contributed by atoms with Crippen molar-refractivity contribution >= 4 is 29.4 Å². The van der Waals surface area contributed by atoms with E-state index >= 15 is 0 Å². The number of amides is 3. The number of aryl methyl sites for hydroxylation is 1. The van der Waals surface area contributed by atoms with E-state index < -0.39 is 36.4 Å². The lowest BCUT2D eigenvalue weighted by molar-refractivity contribution is -0.159. The lowest BCUT2D eigenvalue weighted by Crippen LogP contribution is -2.48. The Kier molecular flexibility index (Phi) is 6.91. The van der Waals surface area contributed by atoms with Crippen molar-refractivity contribution in [1.29, 1.82) is 0 Å². The van der Waals surface area contributed by atoms with E-state index in [1.807, 2.05) is 68.5 Å². The Morgan fingerprint density at radius 1 is 0.971 bits per heavy atom. The molecule has 2 aliphatic rings. The summed E-state index contributed by atoms with van der Waals surface area (Å²) in [4.78, 5) is 52.9. The number of rotatable bonds is 7. The summed E-state index contributed by atoms with van der Waals surface area (Å²) in [5.41, 5.74) is 3.38. The molecule has 7 heteroatoms. The fourth-order valence-electron chi connectivity index (χ4n) is 4.56. The van der Waals surface area contributed by atoms with Crippen LogP contribution in [0.1, 0.15) is 29.5 Å². The third kappa shape index (κ3) is 4.78. The van der Waals surface area contributed by atoms with Crippen molar-refractivity contribution < 1.29 is 23.9 Å². The fourth-order valence-corrected chi connectivity index (χ4v) is 4.56. The number of anilines is 1. The first kappa shape index (κ1) is 23.4. The Bertz CT molecular complexity index is 1110. The molecule has 3 amide bonds. The summed E-state index contributed by atoms with van der Waals surface area (Å²) in [6, 6.07) is 13.6. The Morgan fingerprint density at radius 3 is 2.26 bits per heavy atom. The number of benzene rings is 2. The lowest BCUT2D eigenvalue weighted by Gasteiger charge is -2.25. The highest BCUT2D eigenvalue weighted by atomic mass is 16.5. The van der Waals surface area contributed by atoms with Gasteiger partial charge in [-0.3, -0.25) is 19.3 Å². The molecule has 0 unspecified atom stereocenters. The Morgan fingerprint density at radius 2 is 1.62 bits per heavy atom. The average molecular weight is 461 g/mol. The molecule has 0 bridgehead atoms. The number of nitrogens with one attached hydrogen (secondary N) is 1. The number of allylic oxidation sites excluding steroid dienone is 2. The second kappa shape index (κ2) is 10.0. The van der Waals surface area contributed by atoms with Crippen molar-refractivity contribution in [3.05, 3.63) is 77.4 Å². The largest absolute Gasteiger partial charge is 0.454 e. The van der Waals surface area contributed by atoms with Crippen LogP contribution in [0.2, 0.25) is 0 Å². The summed E-state index contributed by atoms with van der Waals surface area (Å²) in [5.74, 6) is -2.85. The molecule has 7 nitrogen and oxygen atoms in total. The van der Waals surface area contributed by atoms with Crippen LogP contribution in [0, 0.1) is 25.7 Å². The number of esters is 1. The van der Waals surface area contributed by atoms with Crippen molar-refractivity contribution in [2.45, 2.75) is 39.2 Å². The molecule has 0 saturated carbocycles. The average Bonchev–Trinajstić information content (AvgIpc) is 3.09. The van der Waals surface area contributed by atoms with Crippen LogP contribution >= 0.6 is 0 Å². The molecule has 3 atom stereocenters. The van der Waals surface area contributed by atoms with Gasteiger partial charge in [0.1, 0.15) is 6.04 Å². The lowest BCUT2D eigenvalue weighted by atomic mass is 9.85. The first-order valence-corrected chi connectivity index (χ1v) is 11.5. The van der Waals surface area contributed by atoms with Crippen molar-refractivity contribution in [1.82, 2.24) is 4.90 Å². The van der Waals surface area contributed by atoms with Crippen molar-refractivity contribution in [3.8, 4) is 0 Å². The van der Waals surface area contributed by atoms with Crippen LogP contribution in [0.3, 0.4) is 0 Å². The number of nitrogens with zero attached hydrogens (tertiary/aromatic N) is 1. The maximum absolute atomic E-state index is 13.1. The molecule has 2 aromatic rings. The minimum atomic E-state index is -1.12. The van der Waals surface area contributed by atoms with Crippen molar-refractivity contribution in [3.63, 3.8) is 0 Å². The molecule has 34 heavy (non-hydrogen) atoms. The van der Waals surface area contributed by atoms with Crippen LogP contribution in [0.4, 0.5) is 5.69 Å². The van der Waals surface area contributed by atoms with Gasteiger partial charge in [0.15, 0.2) is 6.61 Å².